The molecule has 0 atom stereocenters. The minimum absolute atomic E-state index is 0.482. The van der Waals surface area contributed by atoms with Crippen molar-refractivity contribution >= 4 is 34.6 Å². The first-order valence-electron chi connectivity index (χ1n) is 7.52. The van der Waals surface area contributed by atoms with Gasteiger partial charge in [-0.05, 0) is 17.7 Å². The quantitative estimate of drug-likeness (QED) is 0.732. The maximum absolute atomic E-state index is 6.26. The van der Waals surface area contributed by atoms with Crippen LogP contribution in [0.4, 0.5) is 23.0 Å². The predicted octanol–water partition coefficient (Wildman–Crippen LogP) is 4.09. The second-order valence-corrected chi connectivity index (χ2v) is 5.81. The van der Waals surface area contributed by atoms with Gasteiger partial charge in [-0.25, -0.2) is 9.97 Å². The number of benzene rings is 2. The molecule has 0 saturated carbocycles. The average Bonchev–Trinajstić information content (AvgIpc) is 2.59. The molecule has 0 fully saturated rings. The van der Waals surface area contributed by atoms with Gasteiger partial charge in [0, 0.05) is 13.6 Å². The number of para-hydroxylation sites is 1. The van der Waals surface area contributed by atoms with Crippen LogP contribution in [-0.4, -0.2) is 17.0 Å². The highest BCUT2D eigenvalue weighted by atomic mass is 35.5. The van der Waals surface area contributed by atoms with E-state index in [9.17, 15) is 0 Å². The molecule has 0 amide bonds. The Morgan fingerprint density at radius 3 is 2.50 bits per heavy atom. The van der Waals surface area contributed by atoms with Gasteiger partial charge in [0.2, 0.25) is 0 Å². The topological polar surface area (TPSA) is 67.1 Å². The molecule has 0 unspecified atom stereocenters. The summed E-state index contributed by atoms with van der Waals surface area (Å²) in [5.74, 6) is 1.21. The van der Waals surface area contributed by atoms with Crippen LogP contribution >= 0.6 is 11.6 Å². The van der Waals surface area contributed by atoms with Crippen molar-refractivity contribution in [2.45, 2.75) is 6.54 Å². The number of halogens is 1. The summed E-state index contributed by atoms with van der Waals surface area (Å²) < 4.78 is 0. The summed E-state index contributed by atoms with van der Waals surface area (Å²) in [6.45, 7) is 0.702. The summed E-state index contributed by atoms with van der Waals surface area (Å²) in [6.07, 6.45) is 1.49. The van der Waals surface area contributed by atoms with Gasteiger partial charge in [-0.15, -0.1) is 0 Å². The number of rotatable bonds is 5. The molecular formula is C18H18ClN5. The molecule has 3 N–H and O–H groups in total. The molecule has 24 heavy (non-hydrogen) atoms. The Labute approximate surface area is 146 Å². The first-order chi connectivity index (χ1) is 11.6. The first kappa shape index (κ1) is 16.1. The first-order valence-corrected chi connectivity index (χ1v) is 7.90. The van der Waals surface area contributed by atoms with Crippen molar-refractivity contribution in [1.29, 1.82) is 0 Å². The Kier molecular flexibility index (Phi) is 4.82. The fourth-order valence-electron chi connectivity index (χ4n) is 2.41. The molecule has 0 radical (unpaired) electrons. The molecule has 1 aromatic heterocycles. The number of aromatic nitrogens is 2. The van der Waals surface area contributed by atoms with Crippen molar-refractivity contribution in [1.82, 2.24) is 9.97 Å². The standard InChI is InChI=1S/C18H18ClN5/c1-24(11-13-7-3-2-4-8-13)18-16(20)17(21-12-22-18)23-15-10-6-5-9-14(15)19/h2-10,12H,11,20H2,1H3,(H,21,22,23). The van der Waals surface area contributed by atoms with Crippen molar-refractivity contribution < 1.29 is 0 Å². The minimum atomic E-state index is 0.482. The third-order valence-electron chi connectivity index (χ3n) is 3.61. The Balaban J connectivity index is 1.84. The highest BCUT2D eigenvalue weighted by Gasteiger charge is 2.13. The van der Waals surface area contributed by atoms with Crippen LogP contribution in [0.1, 0.15) is 5.56 Å². The zero-order valence-corrected chi connectivity index (χ0v) is 14.0. The normalized spacial score (nSPS) is 10.4. The molecule has 122 valence electrons. The number of nitrogen functional groups attached to an aromatic ring is 1. The van der Waals surface area contributed by atoms with Gasteiger partial charge in [-0.1, -0.05) is 54.1 Å². The highest BCUT2D eigenvalue weighted by Crippen LogP contribution is 2.31. The molecule has 0 spiro atoms. The van der Waals surface area contributed by atoms with E-state index in [0.29, 0.717) is 28.9 Å². The maximum atomic E-state index is 6.26. The lowest BCUT2D eigenvalue weighted by molar-refractivity contribution is 0.894. The number of hydrogen-bond acceptors (Lipinski definition) is 5. The van der Waals surface area contributed by atoms with Crippen LogP contribution in [0.15, 0.2) is 60.9 Å². The van der Waals surface area contributed by atoms with Gasteiger partial charge in [-0.2, -0.15) is 0 Å². The predicted molar refractivity (Wildman–Crippen MR) is 99.7 cm³/mol. The number of hydrogen-bond donors (Lipinski definition) is 2. The number of nitrogens with one attached hydrogen (secondary N) is 1. The molecule has 0 saturated heterocycles. The Hall–Kier alpha value is -2.79. The molecule has 0 aliphatic heterocycles. The monoisotopic (exact) mass is 339 g/mol. The fraction of sp³-hybridized carbons (Fsp3) is 0.111. The second-order valence-electron chi connectivity index (χ2n) is 5.41. The number of anilines is 4. The van der Waals surface area contributed by atoms with E-state index in [1.807, 2.05) is 54.4 Å². The van der Waals surface area contributed by atoms with Gasteiger partial charge in [0.25, 0.3) is 0 Å². The smallest absolute Gasteiger partial charge is 0.159 e. The summed E-state index contributed by atoms with van der Waals surface area (Å²) >= 11 is 6.18. The zero-order chi connectivity index (χ0) is 16.9. The highest BCUT2D eigenvalue weighted by molar-refractivity contribution is 6.33. The van der Waals surface area contributed by atoms with E-state index in [-0.39, 0.29) is 0 Å². The molecular weight excluding hydrogens is 322 g/mol. The Morgan fingerprint density at radius 2 is 1.75 bits per heavy atom. The van der Waals surface area contributed by atoms with E-state index < -0.39 is 0 Å². The van der Waals surface area contributed by atoms with Crippen molar-refractivity contribution in [2.24, 2.45) is 0 Å². The number of nitrogens with two attached hydrogens (primary N) is 1. The van der Waals surface area contributed by atoms with E-state index in [1.54, 1.807) is 0 Å². The van der Waals surface area contributed by atoms with Crippen molar-refractivity contribution in [3.8, 4) is 0 Å². The summed E-state index contributed by atoms with van der Waals surface area (Å²) in [4.78, 5) is 10.5. The molecule has 0 aliphatic carbocycles. The van der Waals surface area contributed by atoms with Crippen LogP contribution in [-0.2, 0) is 6.54 Å². The molecule has 2 aromatic carbocycles. The lowest BCUT2D eigenvalue weighted by atomic mass is 10.2. The lowest BCUT2D eigenvalue weighted by Crippen LogP contribution is -2.20. The molecule has 0 aliphatic rings. The van der Waals surface area contributed by atoms with Crippen LogP contribution in [0.2, 0.25) is 5.02 Å². The van der Waals surface area contributed by atoms with Crippen LogP contribution in [0.3, 0.4) is 0 Å². The van der Waals surface area contributed by atoms with Gasteiger partial charge in [0.15, 0.2) is 11.6 Å². The largest absolute Gasteiger partial charge is 0.393 e. The third-order valence-corrected chi connectivity index (χ3v) is 3.94. The van der Waals surface area contributed by atoms with Crippen LogP contribution in [0, 0.1) is 0 Å². The SMILES string of the molecule is CN(Cc1ccccc1)c1ncnc(Nc2ccccc2Cl)c1N. The van der Waals surface area contributed by atoms with Crippen molar-refractivity contribution in [3.05, 3.63) is 71.5 Å². The van der Waals surface area contributed by atoms with E-state index in [2.05, 4.69) is 27.4 Å². The van der Waals surface area contributed by atoms with E-state index in [0.717, 1.165) is 5.69 Å². The fourth-order valence-corrected chi connectivity index (χ4v) is 2.60. The molecule has 6 heteroatoms. The summed E-state index contributed by atoms with van der Waals surface area (Å²) in [5.41, 5.74) is 8.68. The minimum Gasteiger partial charge on any atom is -0.393 e. The van der Waals surface area contributed by atoms with E-state index in [1.165, 1.54) is 11.9 Å². The zero-order valence-electron chi connectivity index (χ0n) is 13.3. The molecule has 5 nitrogen and oxygen atoms in total. The average molecular weight is 340 g/mol. The van der Waals surface area contributed by atoms with E-state index >= 15 is 0 Å². The summed E-state index contributed by atoms with van der Waals surface area (Å²) in [5, 5.41) is 3.77. The summed E-state index contributed by atoms with van der Waals surface area (Å²) in [7, 11) is 1.95. The molecule has 1 heterocycles. The number of nitrogens with zero attached hydrogens (tertiary/aromatic N) is 3. The van der Waals surface area contributed by atoms with Gasteiger partial charge < -0.3 is 16.0 Å². The van der Waals surface area contributed by atoms with Crippen molar-refractivity contribution in [3.63, 3.8) is 0 Å². The molecule has 0 bridgehead atoms. The molecule has 3 rings (SSSR count). The Bertz CT molecular complexity index is 823. The van der Waals surface area contributed by atoms with Gasteiger partial charge in [-0.3, -0.25) is 0 Å². The van der Waals surface area contributed by atoms with Crippen molar-refractivity contribution in [2.75, 3.05) is 23.0 Å². The lowest BCUT2D eigenvalue weighted by Gasteiger charge is -2.21. The van der Waals surface area contributed by atoms with Crippen LogP contribution in [0.25, 0.3) is 0 Å². The Morgan fingerprint density at radius 1 is 1.04 bits per heavy atom. The van der Waals surface area contributed by atoms with Crippen LogP contribution in [0.5, 0.6) is 0 Å². The molecule has 3 aromatic rings. The third kappa shape index (κ3) is 3.58. The summed E-state index contributed by atoms with van der Waals surface area (Å²) in [6, 6.07) is 17.6. The second kappa shape index (κ2) is 7.19. The maximum Gasteiger partial charge on any atom is 0.159 e. The van der Waals surface area contributed by atoms with Gasteiger partial charge in [0.05, 0.1) is 10.7 Å². The van der Waals surface area contributed by atoms with Gasteiger partial charge in [0.1, 0.15) is 12.0 Å². The van der Waals surface area contributed by atoms with Crippen LogP contribution < -0.4 is 16.0 Å². The van der Waals surface area contributed by atoms with Gasteiger partial charge >= 0.3 is 0 Å². The van der Waals surface area contributed by atoms with E-state index in [4.69, 9.17) is 17.3 Å².